The third-order valence-corrected chi connectivity index (χ3v) is 4.00. The lowest BCUT2D eigenvalue weighted by Gasteiger charge is -2.48. The second-order valence-corrected chi connectivity index (χ2v) is 5.25. The fourth-order valence-electron chi connectivity index (χ4n) is 2.95. The largest absolute Gasteiger partial charge is 0.381 e. The number of methoxy groups -OCH3 is 1. The molecule has 1 aromatic rings. The molecule has 1 heterocycles. The Morgan fingerprint density at radius 2 is 1.67 bits per heavy atom. The lowest BCUT2D eigenvalue weighted by Crippen LogP contribution is -2.59. The minimum atomic E-state index is -0.395. The van der Waals surface area contributed by atoms with E-state index in [0.717, 1.165) is 12.8 Å². The summed E-state index contributed by atoms with van der Waals surface area (Å²) in [5, 5.41) is 0. The fraction of sp³-hybridized carbons (Fsp3) is 0.429. The Hall–Kier alpha value is -1.68. The highest BCUT2D eigenvalue weighted by Crippen LogP contribution is 2.43. The van der Waals surface area contributed by atoms with Gasteiger partial charge in [0.25, 0.3) is 11.8 Å². The molecule has 2 amide bonds. The second-order valence-electron chi connectivity index (χ2n) is 5.25. The zero-order valence-electron chi connectivity index (χ0n) is 10.5. The van der Waals surface area contributed by atoms with Crippen LogP contribution < -0.4 is 0 Å². The number of benzene rings is 1. The first-order valence-electron chi connectivity index (χ1n) is 6.07. The average Bonchev–Trinajstić information content (AvgIpc) is 2.59. The average molecular weight is 245 g/mol. The molecule has 4 nitrogen and oxygen atoms in total. The van der Waals surface area contributed by atoms with Crippen molar-refractivity contribution in [1.82, 2.24) is 4.90 Å². The van der Waals surface area contributed by atoms with Gasteiger partial charge in [0.15, 0.2) is 0 Å². The van der Waals surface area contributed by atoms with Gasteiger partial charge in [-0.05, 0) is 31.9 Å². The zero-order valence-corrected chi connectivity index (χ0v) is 10.5. The summed E-state index contributed by atoms with van der Waals surface area (Å²) in [7, 11) is 1.66. The lowest BCUT2D eigenvalue weighted by molar-refractivity contribution is -0.0584. The number of nitrogens with zero attached hydrogens (tertiary/aromatic N) is 1. The van der Waals surface area contributed by atoms with Crippen LogP contribution in [0.3, 0.4) is 0 Å². The maximum atomic E-state index is 12.3. The lowest BCUT2D eigenvalue weighted by atomic mass is 9.74. The van der Waals surface area contributed by atoms with E-state index in [1.807, 2.05) is 6.92 Å². The quantitative estimate of drug-likeness (QED) is 0.747. The van der Waals surface area contributed by atoms with E-state index >= 15 is 0 Å². The molecule has 1 aliphatic carbocycles. The molecule has 4 heteroatoms. The van der Waals surface area contributed by atoms with Gasteiger partial charge in [0, 0.05) is 7.11 Å². The van der Waals surface area contributed by atoms with Crippen LogP contribution in [0.4, 0.5) is 0 Å². The van der Waals surface area contributed by atoms with Gasteiger partial charge in [-0.15, -0.1) is 0 Å². The van der Waals surface area contributed by atoms with Crippen LogP contribution in [-0.4, -0.2) is 35.5 Å². The van der Waals surface area contributed by atoms with E-state index < -0.39 is 5.54 Å². The van der Waals surface area contributed by atoms with Gasteiger partial charge in [-0.1, -0.05) is 12.1 Å². The van der Waals surface area contributed by atoms with Gasteiger partial charge in [0.1, 0.15) is 0 Å². The molecule has 0 atom stereocenters. The predicted molar refractivity (Wildman–Crippen MR) is 65.4 cm³/mol. The third-order valence-electron chi connectivity index (χ3n) is 4.00. The summed E-state index contributed by atoms with van der Waals surface area (Å²) in [5.74, 6) is -0.347. The van der Waals surface area contributed by atoms with Crippen LogP contribution in [0.5, 0.6) is 0 Å². The van der Waals surface area contributed by atoms with Crippen LogP contribution in [0.2, 0.25) is 0 Å². The van der Waals surface area contributed by atoms with Crippen LogP contribution in [-0.2, 0) is 4.74 Å². The fourth-order valence-corrected chi connectivity index (χ4v) is 2.95. The van der Waals surface area contributed by atoms with E-state index in [1.54, 1.807) is 31.4 Å². The van der Waals surface area contributed by atoms with Gasteiger partial charge < -0.3 is 4.74 Å². The Morgan fingerprint density at radius 1 is 1.17 bits per heavy atom. The van der Waals surface area contributed by atoms with Crippen molar-refractivity contribution in [3.8, 4) is 0 Å². The van der Waals surface area contributed by atoms with Crippen molar-refractivity contribution < 1.29 is 14.3 Å². The molecule has 0 saturated heterocycles. The van der Waals surface area contributed by atoms with Gasteiger partial charge in [-0.25, -0.2) is 0 Å². The first-order valence-corrected chi connectivity index (χ1v) is 6.07. The Morgan fingerprint density at radius 3 is 2.11 bits per heavy atom. The van der Waals surface area contributed by atoms with Crippen molar-refractivity contribution in [2.24, 2.45) is 0 Å². The molecule has 1 aliphatic heterocycles. The van der Waals surface area contributed by atoms with Gasteiger partial charge in [-0.2, -0.15) is 0 Å². The first-order chi connectivity index (χ1) is 8.57. The Bertz CT molecular complexity index is 497. The standard InChI is InChI=1S/C14H15NO3/c1-14(7-9(8-14)18-2)15-12(16)10-5-3-4-6-11(10)13(15)17/h3-6,9H,7-8H2,1-2H3. The molecule has 0 N–H and O–H groups in total. The molecule has 18 heavy (non-hydrogen) atoms. The molecule has 0 bridgehead atoms. The van der Waals surface area contributed by atoms with Gasteiger partial charge in [-0.3, -0.25) is 14.5 Å². The first kappa shape index (κ1) is 11.4. The van der Waals surface area contributed by atoms with Crippen LogP contribution in [0.1, 0.15) is 40.5 Å². The number of ether oxygens (including phenoxy) is 1. The van der Waals surface area contributed by atoms with Crippen molar-refractivity contribution in [3.05, 3.63) is 35.4 Å². The molecule has 94 valence electrons. The molecule has 0 spiro atoms. The summed E-state index contributed by atoms with van der Waals surface area (Å²) in [6, 6.07) is 7.00. The van der Waals surface area contributed by atoms with E-state index in [2.05, 4.69) is 0 Å². The van der Waals surface area contributed by atoms with E-state index in [-0.39, 0.29) is 17.9 Å². The van der Waals surface area contributed by atoms with E-state index in [4.69, 9.17) is 4.74 Å². The van der Waals surface area contributed by atoms with Crippen molar-refractivity contribution in [3.63, 3.8) is 0 Å². The zero-order chi connectivity index (χ0) is 12.9. The van der Waals surface area contributed by atoms with Crippen molar-refractivity contribution in [2.45, 2.75) is 31.4 Å². The molecule has 0 radical (unpaired) electrons. The summed E-state index contributed by atoms with van der Waals surface area (Å²) in [4.78, 5) is 26.0. The highest BCUT2D eigenvalue weighted by Gasteiger charge is 2.53. The molecular weight excluding hydrogens is 230 g/mol. The van der Waals surface area contributed by atoms with E-state index in [1.165, 1.54) is 4.90 Å². The predicted octanol–water partition coefficient (Wildman–Crippen LogP) is 1.85. The summed E-state index contributed by atoms with van der Waals surface area (Å²) in [6.45, 7) is 1.95. The summed E-state index contributed by atoms with van der Waals surface area (Å²) >= 11 is 0. The Kier molecular flexibility index (Phi) is 2.32. The second kappa shape index (κ2) is 3.65. The van der Waals surface area contributed by atoms with E-state index in [9.17, 15) is 9.59 Å². The molecule has 0 unspecified atom stereocenters. The number of carbonyl (C=O) groups is 2. The Balaban J connectivity index is 1.94. The monoisotopic (exact) mass is 245 g/mol. The molecular formula is C14H15NO3. The van der Waals surface area contributed by atoms with Crippen LogP contribution in [0.15, 0.2) is 24.3 Å². The van der Waals surface area contributed by atoms with Crippen molar-refractivity contribution in [1.29, 1.82) is 0 Å². The Labute approximate surface area is 106 Å². The summed E-state index contributed by atoms with van der Waals surface area (Å²) in [6.07, 6.45) is 1.59. The number of carbonyl (C=O) groups excluding carboxylic acids is 2. The molecule has 3 rings (SSSR count). The molecule has 1 fully saturated rings. The van der Waals surface area contributed by atoms with Gasteiger partial charge >= 0.3 is 0 Å². The smallest absolute Gasteiger partial charge is 0.262 e. The number of hydrogen-bond acceptors (Lipinski definition) is 3. The SMILES string of the molecule is COC1CC(C)(N2C(=O)c3ccccc3C2=O)C1. The highest BCUT2D eigenvalue weighted by atomic mass is 16.5. The summed E-state index contributed by atoms with van der Waals surface area (Å²) < 4.78 is 5.24. The van der Waals surface area contributed by atoms with Crippen LogP contribution in [0, 0.1) is 0 Å². The number of rotatable bonds is 2. The maximum Gasteiger partial charge on any atom is 0.262 e. The molecule has 2 aliphatic rings. The normalized spacial score (nSPS) is 30.3. The molecule has 1 saturated carbocycles. The van der Waals surface area contributed by atoms with Crippen LogP contribution >= 0.6 is 0 Å². The van der Waals surface area contributed by atoms with Crippen molar-refractivity contribution >= 4 is 11.8 Å². The minimum Gasteiger partial charge on any atom is -0.381 e. The number of imide groups is 1. The third kappa shape index (κ3) is 1.35. The number of hydrogen-bond donors (Lipinski definition) is 0. The topological polar surface area (TPSA) is 46.6 Å². The molecule has 1 aromatic carbocycles. The molecule has 0 aromatic heterocycles. The van der Waals surface area contributed by atoms with Crippen LogP contribution in [0.25, 0.3) is 0 Å². The number of amides is 2. The highest BCUT2D eigenvalue weighted by molar-refractivity contribution is 6.21. The van der Waals surface area contributed by atoms with Gasteiger partial charge in [0.2, 0.25) is 0 Å². The van der Waals surface area contributed by atoms with E-state index in [0.29, 0.717) is 11.1 Å². The maximum absolute atomic E-state index is 12.3. The number of fused-ring (bicyclic) bond motifs is 1. The van der Waals surface area contributed by atoms with Crippen molar-refractivity contribution in [2.75, 3.05) is 7.11 Å². The summed E-state index contributed by atoms with van der Waals surface area (Å²) in [5.41, 5.74) is 0.641. The minimum absolute atomic E-state index is 0.152. The van der Waals surface area contributed by atoms with Gasteiger partial charge in [0.05, 0.1) is 22.8 Å².